The van der Waals surface area contributed by atoms with Crippen LogP contribution in [0.4, 0.5) is 13.2 Å². The summed E-state index contributed by atoms with van der Waals surface area (Å²) < 4.78 is 35.6. The van der Waals surface area contributed by atoms with Gasteiger partial charge in [0.2, 0.25) is 11.8 Å². The number of carbonyl (C=O) groups is 2. The standard InChI is InChI=1S/C8H11F3N2O3/c9-8(10,11)5(14)3-12-7(16)4-1-2-6(15)13-4/h4-5,14H,1-3H2,(H,12,16)(H,13,15). The van der Waals surface area contributed by atoms with Gasteiger partial charge in [-0.15, -0.1) is 0 Å². The predicted molar refractivity (Wildman–Crippen MR) is 46.2 cm³/mol. The Bertz CT molecular complexity index is 293. The Morgan fingerprint density at radius 1 is 1.62 bits per heavy atom. The monoisotopic (exact) mass is 240 g/mol. The highest BCUT2D eigenvalue weighted by molar-refractivity contribution is 5.90. The van der Waals surface area contributed by atoms with Gasteiger partial charge in [0.15, 0.2) is 6.10 Å². The van der Waals surface area contributed by atoms with Crippen LogP contribution < -0.4 is 10.6 Å². The van der Waals surface area contributed by atoms with E-state index in [4.69, 9.17) is 5.11 Å². The summed E-state index contributed by atoms with van der Waals surface area (Å²) >= 11 is 0. The molecule has 5 nitrogen and oxygen atoms in total. The molecule has 16 heavy (non-hydrogen) atoms. The summed E-state index contributed by atoms with van der Waals surface area (Å²) in [6.45, 7) is -0.908. The first-order chi connectivity index (χ1) is 7.30. The van der Waals surface area contributed by atoms with Gasteiger partial charge in [0.05, 0.1) is 6.54 Å². The summed E-state index contributed by atoms with van der Waals surface area (Å²) in [5.74, 6) is -1.02. The van der Waals surface area contributed by atoms with E-state index in [1.165, 1.54) is 0 Å². The Morgan fingerprint density at radius 3 is 2.69 bits per heavy atom. The van der Waals surface area contributed by atoms with Crippen molar-refractivity contribution in [2.75, 3.05) is 6.54 Å². The second-order valence-corrected chi connectivity index (χ2v) is 3.46. The van der Waals surface area contributed by atoms with Crippen molar-refractivity contribution in [3.63, 3.8) is 0 Å². The zero-order valence-electron chi connectivity index (χ0n) is 8.17. The topological polar surface area (TPSA) is 78.4 Å². The number of aliphatic hydroxyl groups is 1. The van der Waals surface area contributed by atoms with E-state index in [1.54, 1.807) is 0 Å². The third-order valence-corrected chi connectivity index (χ3v) is 2.16. The lowest BCUT2D eigenvalue weighted by atomic mass is 10.2. The van der Waals surface area contributed by atoms with Gasteiger partial charge in [0, 0.05) is 6.42 Å². The number of nitrogens with one attached hydrogen (secondary N) is 2. The third-order valence-electron chi connectivity index (χ3n) is 2.16. The maximum absolute atomic E-state index is 11.9. The number of hydrogen-bond donors (Lipinski definition) is 3. The molecule has 1 fully saturated rings. The van der Waals surface area contributed by atoms with Crippen LogP contribution in [-0.2, 0) is 9.59 Å². The van der Waals surface area contributed by atoms with Gasteiger partial charge >= 0.3 is 6.18 Å². The van der Waals surface area contributed by atoms with Crippen molar-refractivity contribution in [3.05, 3.63) is 0 Å². The SMILES string of the molecule is O=C1CCC(C(=O)NCC(O)C(F)(F)F)N1. The number of aliphatic hydroxyl groups excluding tert-OH is 1. The molecule has 0 spiro atoms. The number of halogens is 3. The third kappa shape index (κ3) is 3.37. The van der Waals surface area contributed by atoms with Gasteiger partial charge in [-0.25, -0.2) is 0 Å². The molecule has 0 aromatic heterocycles. The first kappa shape index (κ1) is 12.8. The summed E-state index contributed by atoms with van der Waals surface area (Å²) in [6.07, 6.45) is -6.91. The summed E-state index contributed by atoms with van der Waals surface area (Å²) in [6, 6.07) is -0.798. The van der Waals surface area contributed by atoms with E-state index in [9.17, 15) is 22.8 Å². The fourth-order valence-corrected chi connectivity index (χ4v) is 1.25. The Morgan fingerprint density at radius 2 is 2.25 bits per heavy atom. The van der Waals surface area contributed by atoms with Crippen LogP contribution in [0.3, 0.4) is 0 Å². The van der Waals surface area contributed by atoms with Crippen LogP contribution in [0, 0.1) is 0 Å². The smallest absolute Gasteiger partial charge is 0.382 e. The van der Waals surface area contributed by atoms with Crippen molar-refractivity contribution in [2.24, 2.45) is 0 Å². The van der Waals surface area contributed by atoms with E-state index < -0.39 is 30.8 Å². The van der Waals surface area contributed by atoms with Gasteiger partial charge in [-0.05, 0) is 6.42 Å². The maximum atomic E-state index is 11.9. The van der Waals surface area contributed by atoms with Crippen LogP contribution in [-0.4, -0.2) is 41.8 Å². The fourth-order valence-electron chi connectivity index (χ4n) is 1.25. The quantitative estimate of drug-likeness (QED) is 0.610. The Balaban J connectivity index is 2.33. The van der Waals surface area contributed by atoms with E-state index in [1.807, 2.05) is 5.32 Å². The first-order valence-electron chi connectivity index (χ1n) is 4.62. The van der Waals surface area contributed by atoms with Gasteiger partial charge in [-0.2, -0.15) is 13.2 Å². The highest BCUT2D eigenvalue weighted by atomic mass is 19.4. The van der Waals surface area contributed by atoms with Crippen molar-refractivity contribution in [1.82, 2.24) is 10.6 Å². The molecule has 0 radical (unpaired) electrons. The molecule has 1 heterocycles. The average molecular weight is 240 g/mol. The molecule has 8 heteroatoms. The molecule has 2 amide bonds. The maximum Gasteiger partial charge on any atom is 0.416 e. The first-order valence-corrected chi connectivity index (χ1v) is 4.62. The zero-order chi connectivity index (χ0) is 12.3. The van der Waals surface area contributed by atoms with Gasteiger partial charge in [0.25, 0.3) is 0 Å². The van der Waals surface area contributed by atoms with E-state index >= 15 is 0 Å². The van der Waals surface area contributed by atoms with E-state index in [0.717, 1.165) is 0 Å². The van der Waals surface area contributed by atoms with Crippen molar-refractivity contribution in [3.8, 4) is 0 Å². The minimum atomic E-state index is -4.76. The van der Waals surface area contributed by atoms with Crippen molar-refractivity contribution >= 4 is 11.8 Å². The highest BCUT2D eigenvalue weighted by Gasteiger charge is 2.38. The largest absolute Gasteiger partial charge is 0.416 e. The number of carbonyl (C=O) groups excluding carboxylic acids is 2. The lowest BCUT2D eigenvalue weighted by Crippen LogP contribution is -2.47. The summed E-state index contributed by atoms with van der Waals surface area (Å²) in [5.41, 5.74) is 0. The lowest BCUT2D eigenvalue weighted by molar-refractivity contribution is -0.201. The second-order valence-electron chi connectivity index (χ2n) is 3.46. The Labute approximate surface area is 89.0 Å². The number of alkyl halides is 3. The molecule has 1 saturated heterocycles. The lowest BCUT2D eigenvalue weighted by Gasteiger charge is -2.16. The highest BCUT2D eigenvalue weighted by Crippen LogP contribution is 2.19. The summed E-state index contributed by atoms with van der Waals surface area (Å²) in [4.78, 5) is 22.0. The molecule has 1 rings (SSSR count). The van der Waals surface area contributed by atoms with E-state index in [-0.39, 0.29) is 18.7 Å². The Kier molecular flexibility index (Phi) is 3.74. The average Bonchev–Trinajstić information content (AvgIpc) is 2.59. The predicted octanol–water partition coefficient (Wildman–Crippen LogP) is -0.696. The minimum absolute atomic E-state index is 0.180. The molecule has 1 aliphatic rings. The van der Waals surface area contributed by atoms with Crippen LogP contribution in [0.1, 0.15) is 12.8 Å². The molecule has 0 aliphatic carbocycles. The molecule has 0 bridgehead atoms. The molecule has 0 aromatic carbocycles. The number of rotatable bonds is 3. The van der Waals surface area contributed by atoms with Crippen LogP contribution in [0.25, 0.3) is 0 Å². The van der Waals surface area contributed by atoms with Gasteiger partial charge < -0.3 is 15.7 Å². The molecular formula is C8H11F3N2O3. The molecule has 2 atom stereocenters. The van der Waals surface area contributed by atoms with Crippen LogP contribution in [0.2, 0.25) is 0 Å². The molecule has 2 unspecified atom stereocenters. The minimum Gasteiger partial charge on any atom is -0.382 e. The fraction of sp³-hybridized carbons (Fsp3) is 0.750. The normalized spacial score (nSPS) is 22.8. The van der Waals surface area contributed by atoms with E-state index in [2.05, 4.69) is 5.32 Å². The molecule has 0 aromatic rings. The number of hydrogen-bond acceptors (Lipinski definition) is 3. The van der Waals surface area contributed by atoms with Crippen molar-refractivity contribution in [1.29, 1.82) is 0 Å². The van der Waals surface area contributed by atoms with Crippen LogP contribution >= 0.6 is 0 Å². The number of amides is 2. The summed E-state index contributed by atoms with van der Waals surface area (Å²) in [7, 11) is 0. The van der Waals surface area contributed by atoms with Crippen LogP contribution in [0.5, 0.6) is 0 Å². The molecular weight excluding hydrogens is 229 g/mol. The molecule has 1 aliphatic heterocycles. The Hall–Kier alpha value is -1.31. The van der Waals surface area contributed by atoms with Gasteiger partial charge in [0.1, 0.15) is 6.04 Å². The summed E-state index contributed by atoms with van der Waals surface area (Å²) in [5, 5.41) is 12.8. The van der Waals surface area contributed by atoms with Gasteiger partial charge in [-0.1, -0.05) is 0 Å². The zero-order valence-corrected chi connectivity index (χ0v) is 8.17. The molecule has 0 saturated carbocycles. The van der Waals surface area contributed by atoms with Crippen LogP contribution in [0.15, 0.2) is 0 Å². The van der Waals surface area contributed by atoms with Crippen molar-refractivity contribution in [2.45, 2.75) is 31.2 Å². The van der Waals surface area contributed by atoms with E-state index in [0.29, 0.717) is 0 Å². The second kappa shape index (κ2) is 4.69. The molecule has 3 N–H and O–H groups in total. The van der Waals surface area contributed by atoms with Gasteiger partial charge in [-0.3, -0.25) is 9.59 Å². The van der Waals surface area contributed by atoms with Crippen molar-refractivity contribution < 1.29 is 27.9 Å². The molecule has 92 valence electrons.